The van der Waals surface area contributed by atoms with Crippen molar-refractivity contribution in [1.29, 1.82) is 0 Å². The molecule has 3 heteroatoms. The summed E-state index contributed by atoms with van der Waals surface area (Å²) in [6.07, 6.45) is 2.92. The number of nitrogens with zero attached hydrogens (tertiary/aromatic N) is 2. The van der Waals surface area contributed by atoms with Gasteiger partial charge in [-0.3, -0.25) is 0 Å². The van der Waals surface area contributed by atoms with E-state index in [9.17, 15) is 0 Å². The van der Waals surface area contributed by atoms with Crippen molar-refractivity contribution in [1.82, 2.24) is 9.97 Å². The number of fused-ring (bicyclic) bond motifs is 3. The molecular formula is C13H13N3. The van der Waals surface area contributed by atoms with Crippen molar-refractivity contribution in [3.8, 4) is 11.3 Å². The Kier molecular flexibility index (Phi) is 2.10. The summed E-state index contributed by atoms with van der Waals surface area (Å²) in [5.41, 5.74) is 4.65. The highest BCUT2D eigenvalue weighted by Crippen LogP contribution is 2.31. The second-order valence-electron chi connectivity index (χ2n) is 4.01. The highest BCUT2D eigenvalue weighted by molar-refractivity contribution is 5.78. The average molecular weight is 211 g/mol. The molecule has 2 heterocycles. The van der Waals surface area contributed by atoms with Crippen LogP contribution < -0.4 is 5.32 Å². The molecule has 0 atom stereocenters. The van der Waals surface area contributed by atoms with Gasteiger partial charge in [-0.05, 0) is 25.0 Å². The molecule has 0 bridgehead atoms. The summed E-state index contributed by atoms with van der Waals surface area (Å²) in [4.78, 5) is 8.83. The number of hydrogen-bond donors (Lipinski definition) is 1. The number of aryl methyl sites for hydroxylation is 1. The second-order valence-corrected chi connectivity index (χ2v) is 4.01. The van der Waals surface area contributed by atoms with Crippen molar-refractivity contribution >= 4 is 5.69 Å². The Morgan fingerprint density at radius 3 is 3.06 bits per heavy atom. The second kappa shape index (κ2) is 3.59. The first-order valence-corrected chi connectivity index (χ1v) is 5.50. The van der Waals surface area contributed by atoms with Gasteiger partial charge in [-0.1, -0.05) is 18.2 Å². The van der Waals surface area contributed by atoms with Gasteiger partial charge in [0.05, 0.1) is 5.69 Å². The van der Waals surface area contributed by atoms with Gasteiger partial charge >= 0.3 is 0 Å². The van der Waals surface area contributed by atoms with E-state index in [0.717, 1.165) is 24.5 Å². The number of rotatable bonds is 0. The Bertz CT molecular complexity index is 534. The molecule has 80 valence electrons. The highest BCUT2D eigenvalue weighted by atomic mass is 14.9. The Labute approximate surface area is 94.6 Å². The predicted octanol–water partition coefficient (Wildman–Crippen LogP) is 2.42. The van der Waals surface area contributed by atoms with Crippen LogP contribution >= 0.6 is 0 Å². The molecule has 0 aliphatic carbocycles. The van der Waals surface area contributed by atoms with Gasteiger partial charge in [-0.15, -0.1) is 0 Å². The number of hydrogen-bond acceptors (Lipinski definition) is 3. The van der Waals surface area contributed by atoms with Crippen molar-refractivity contribution in [2.45, 2.75) is 13.3 Å². The van der Waals surface area contributed by atoms with E-state index in [1.54, 1.807) is 0 Å². The number of benzene rings is 1. The van der Waals surface area contributed by atoms with E-state index in [0.29, 0.717) is 0 Å². The number of anilines is 1. The molecule has 1 aliphatic heterocycles. The van der Waals surface area contributed by atoms with Crippen LogP contribution in [-0.2, 0) is 6.42 Å². The molecule has 0 radical (unpaired) electrons. The summed E-state index contributed by atoms with van der Waals surface area (Å²) in [5, 5.41) is 3.42. The third kappa shape index (κ3) is 1.45. The van der Waals surface area contributed by atoms with Gasteiger partial charge < -0.3 is 5.32 Å². The average Bonchev–Trinajstić information content (AvgIpc) is 2.48. The topological polar surface area (TPSA) is 37.8 Å². The molecule has 3 rings (SSSR count). The van der Waals surface area contributed by atoms with Crippen molar-refractivity contribution < 1.29 is 0 Å². The SMILES string of the molecule is Cc1ncc2c(n1)-c1ccccc1NCC2. The van der Waals surface area contributed by atoms with Crippen LogP contribution in [0.15, 0.2) is 30.5 Å². The fourth-order valence-electron chi connectivity index (χ4n) is 2.09. The molecule has 2 aromatic rings. The molecule has 16 heavy (non-hydrogen) atoms. The van der Waals surface area contributed by atoms with Gasteiger partial charge in [-0.2, -0.15) is 0 Å². The zero-order valence-electron chi connectivity index (χ0n) is 9.20. The van der Waals surface area contributed by atoms with Crippen molar-refractivity contribution in [2.75, 3.05) is 11.9 Å². The Balaban J connectivity index is 2.28. The zero-order chi connectivity index (χ0) is 11.0. The Morgan fingerprint density at radius 2 is 2.12 bits per heavy atom. The minimum absolute atomic E-state index is 0.829. The van der Waals surface area contributed by atoms with Crippen LogP contribution in [0.5, 0.6) is 0 Å². The fourth-order valence-corrected chi connectivity index (χ4v) is 2.09. The number of aromatic nitrogens is 2. The van der Waals surface area contributed by atoms with Crippen LogP contribution in [0.3, 0.4) is 0 Å². The standard InChI is InChI=1S/C13H13N3/c1-9-15-8-10-6-7-14-12-5-3-2-4-11(12)13(10)16-9/h2-5,8,14H,6-7H2,1H3. The van der Waals surface area contributed by atoms with E-state index in [-0.39, 0.29) is 0 Å². The van der Waals surface area contributed by atoms with Crippen molar-refractivity contribution in [3.63, 3.8) is 0 Å². The van der Waals surface area contributed by atoms with Crippen LogP contribution in [0, 0.1) is 6.92 Å². The maximum absolute atomic E-state index is 4.56. The fraction of sp³-hybridized carbons (Fsp3) is 0.231. The summed E-state index contributed by atoms with van der Waals surface area (Å²) in [6.45, 7) is 2.87. The van der Waals surface area contributed by atoms with Crippen molar-refractivity contribution in [2.24, 2.45) is 0 Å². The van der Waals surface area contributed by atoms with E-state index in [1.165, 1.54) is 16.8 Å². The molecule has 0 saturated carbocycles. The summed E-state index contributed by atoms with van der Waals surface area (Å²) in [6, 6.07) is 8.30. The maximum Gasteiger partial charge on any atom is 0.125 e. The van der Waals surface area contributed by atoms with Crippen LogP contribution in [-0.4, -0.2) is 16.5 Å². The molecule has 0 fully saturated rings. The third-order valence-corrected chi connectivity index (χ3v) is 2.88. The van der Waals surface area contributed by atoms with E-state index in [2.05, 4.69) is 27.4 Å². The zero-order valence-corrected chi connectivity index (χ0v) is 9.20. The molecule has 0 saturated heterocycles. The third-order valence-electron chi connectivity index (χ3n) is 2.88. The van der Waals surface area contributed by atoms with E-state index >= 15 is 0 Å². The van der Waals surface area contributed by atoms with Gasteiger partial charge in [0.15, 0.2) is 0 Å². The monoisotopic (exact) mass is 211 g/mol. The van der Waals surface area contributed by atoms with Gasteiger partial charge in [-0.25, -0.2) is 9.97 Å². The predicted molar refractivity (Wildman–Crippen MR) is 64.4 cm³/mol. The highest BCUT2D eigenvalue weighted by Gasteiger charge is 2.14. The maximum atomic E-state index is 4.56. The molecule has 1 aromatic carbocycles. The lowest BCUT2D eigenvalue weighted by Gasteiger charge is -2.07. The van der Waals surface area contributed by atoms with Gasteiger partial charge in [0.2, 0.25) is 0 Å². The Hall–Kier alpha value is -1.90. The first-order valence-electron chi connectivity index (χ1n) is 5.50. The summed E-state index contributed by atoms with van der Waals surface area (Å²) < 4.78 is 0. The van der Waals surface area contributed by atoms with Crippen LogP contribution in [0.2, 0.25) is 0 Å². The molecule has 1 N–H and O–H groups in total. The first kappa shape index (κ1) is 9.33. The van der Waals surface area contributed by atoms with Crippen molar-refractivity contribution in [3.05, 3.63) is 41.9 Å². The molecule has 1 aliphatic rings. The van der Waals surface area contributed by atoms with E-state index in [4.69, 9.17) is 0 Å². The quantitative estimate of drug-likeness (QED) is 0.727. The van der Waals surface area contributed by atoms with Gasteiger partial charge in [0.25, 0.3) is 0 Å². The molecule has 0 unspecified atom stereocenters. The lowest BCUT2D eigenvalue weighted by atomic mass is 10.1. The summed E-state index contributed by atoms with van der Waals surface area (Å²) in [5.74, 6) is 0.829. The molecule has 0 amide bonds. The minimum Gasteiger partial charge on any atom is -0.384 e. The van der Waals surface area contributed by atoms with Crippen LogP contribution in [0.1, 0.15) is 11.4 Å². The molecule has 1 aromatic heterocycles. The molecule has 3 nitrogen and oxygen atoms in total. The lowest BCUT2D eigenvalue weighted by molar-refractivity contribution is 0.971. The number of para-hydroxylation sites is 1. The largest absolute Gasteiger partial charge is 0.384 e. The van der Waals surface area contributed by atoms with Gasteiger partial charge in [0, 0.05) is 24.0 Å². The van der Waals surface area contributed by atoms with E-state index < -0.39 is 0 Å². The van der Waals surface area contributed by atoms with Gasteiger partial charge in [0.1, 0.15) is 5.82 Å². The minimum atomic E-state index is 0.829. The lowest BCUT2D eigenvalue weighted by Crippen LogP contribution is -2.02. The normalized spacial score (nSPS) is 13.3. The summed E-state index contributed by atoms with van der Waals surface area (Å²) >= 11 is 0. The van der Waals surface area contributed by atoms with E-state index in [1.807, 2.05) is 25.3 Å². The van der Waals surface area contributed by atoms with Crippen LogP contribution in [0.25, 0.3) is 11.3 Å². The Morgan fingerprint density at radius 1 is 1.25 bits per heavy atom. The molecule has 0 spiro atoms. The molecular weight excluding hydrogens is 198 g/mol. The summed E-state index contributed by atoms with van der Waals surface area (Å²) in [7, 11) is 0. The first-order chi connectivity index (χ1) is 7.84. The smallest absolute Gasteiger partial charge is 0.125 e. The van der Waals surface area contributed by atoms with Crippen LogP contribution in [0.4, 0.5) is 5.69 Å². The number of nitrogens with one attached hydrogen (secondary N) is 1.